The molecule has 3 aliphatic rings. The number of thioether (sulfide) groups is 1. The summed E-state index contributed by atoms with van der Waals surface area (Å²) in [7, 11) is 2.01. The number of amidine groups is 1. The van der Waals surface area contributed by atoms with E-state index in [2.05, 4.69) is 14.8 Å². The first-order valence-corrected chi connectivity index (χ1v) is 9.38. The minimum Gasteiger partial charge on any atom is -0.489 e. The second-order valence-electron chi connectivity index (χ2n) is 5.89. The summed E-state index contributed by atoms with van der Waals surface area (Å²) in [5.41, 5.74) is 2.53. The monoisotopic (exact) mass is 379 g/mol. The topological polar surface area (TPSA) is 54.4 Å². The van der Waals surface area contributed by atoms with Gasteiger partial charge in [-0.2, -0.15) is 0 Å². The summed E-state index contributed by atoms with van der Waals surface area (Å²) in [5.74, 6) is 0.418. The zero-order valence-electron chi connectivity index (χ0n) is 14.0. The highest BCUT2D eigenvalue weighted by atomic mass is 35.5. The van der Waals surface area contributed by atoms with Crippen LogP contribution in [0.25, 0.3) is 5.70 Å². The minimum absolute atomic E-state index is 0.329. The number of fused-ring (bicyclic) bond motifs is 2. The number of benzene rings is 1. The summed E-state index contributed by atoms with van der Waals surface area (Å²) in [5, 5.41) is 1.44. The third-order valence-electron chi connectivity index (χ3n) is 4.31. The highest BCUT2D eigenvalue weighted by Gasteiger charge is 2.39. The normalized spacial score (nSPS) is 18.8. The lowest BCUT2D eigenvalue weighted by Gasteiger charge is -2.31. The second-order valence-corrected chi connectivity index (χ2v) is 7.30. The molecule has 0 spiro atoms. The van der Waals surface area contributed by atoms with Gasteiger partial charge in [0.2, 0.25) is 0 Å². The fourth-order valence-corrected chi connectivity index (χ4v) is 4.48. The van der Waals surface area contributed by atoms with Crippen LogP contribution in [-0.4, -0.2) is 55.9 Å². The Morgan fingerprint density at radius 2 is 2.28 bits per heavy atom. The molecule has 0 saturated carbocycles. The number of esters is 1. The first kappa shape index (κ1) is 16.6. The van der Waals surface area contributed by atoms with Crippen LogP contribution in [0.3, 0.4) is 0 Å². The van der Waals surface area contributed by atoms with Crippen LogP contribution in [-0.2, 0) is 9.53 Å². The van der Waals surface area contributed by atoms with Gasteiger partial charge in [0, 0.05) is 24.2 Å². The van der Waals surface area contributed by atoms with E-state index in [1.165, 1.54) is 11.8 Å². The molecule has 3 heterocycles. The number of rotatable bonds is 3. The predicted molar refractivity (Wildman–Crippen MR) is 100 cm³/mol. The fraction of sp³-hybridized carbons (Fsp3) is 0.412. The summed E-state index contributed by atoms with van der Waals surface area (Å²) in [6.45, 7) is 4.96. The van der Waals surface area contributed by atoms with Gasteiger partial charge in [-0.25, -0.2) is 4.79 Å². The second kappa shape index (κ2) is 6.46. The van der Waals surface area contributed by atoms with Gasteiger partial charge in [-0.05, 0) is 30.8 Å². The van der Waals surface area contributed by atoms with Gasteiger partial charge in [-0.15, -0.1) is 0 Å². The van der Waals surface area contributed by atoms with Crippen LogP contribution in [0.15, 0.2) is 22.0 Å². The number of halogens is 1. The maximum atomic E-state index is 12.5. The molecule has 0 radical (unpaired) electrons. The van der Waals surface area contributed by atoms with Crippen molar-refractivity contribution < 1.29 is 14.3 Å². The standard InChI is InChI=1S/C17H18ClN3O3S/c1-3-23-16(22)15-13(21-5-4-19-17(21)25-15)11-8-10(18)9-12-14(11)24-7-6-20(12)2/h8-9H,3-7H2,1-2H3. The summed E-state index contributed by atoms with van der Waals surface area (Å²) in [4.78, 5) is 21.7. The molecule has 0 saturated heterocycles. The molecule has 6 nitrogen and oxygen atoms in total. The van der Waals surface area contributed by atoms with Crippen molar-refractivity contribution in [2.75, 3.05) is 44.8 Å². The molecule has 1 aromatic carbocycles. The van der Waals surface area contributed by atoms with Gasteiger partial charge in [-0.1, -0.05) is 11.6 Å². The van der Waals surface area contributed by atoms with Crippen LogP contribution < -0.4 is 9.64 Å². The fourth-order valence-electron chi connectivity index (χ4n) is 3.18. The van der Waals surface area contributed by atoms with Gasteiger partial charge in [0.15, 0.2) is 10.9 Å². The molecule has 1 aromatic rings. The number of anilines is 1. The lowest BCUT2D eigenvalue weighted by molar-refractivity contribution is -0.137. The van der Waals surface area contributed by atoms with E-state index in [1.54, 1.807) is 6.92 Å². The molecule has 0 aromatic heterocycles. The third-order valence-corrected chi connectivity index (χ3v) is 5.63. The number of carbonyl (C=O) groups excluding carboxylic acids is 1. The van der Waals surface area contributed by atoms with Gasteiger partial charge < -0.3 is 19.3 Å². The molecule has 25 heavy (non-hydrogen) atoms. The highest BCUT2D eigenvalue weighted by Crippen LogP contribution is 2.48. The molecular formula is C17H18ClN3O3S. The Morgan fingerprint density at radius 3 is 3.08 bits per heavy atom. The van der Waals surface area contributed by atoms with Gasteiger partial charge in [0.25, 0.3) is 0 Å². The minimum atomic E-state index is -0.336. The Balaban J connectivity index is 1.90. The number of hydrogen-bond acceptors (Lipinski definition) is 7. The number of carbonyl (C=O) groups is 1. The first-order chi connectivity index (χ1) is 12.1. The molecule has 0 fully saturated rings. The molecule has 0 aliphatic carbocycles. The van der Waals surface area contributed by atoms with Crippen molar-refractivity contribution in [2.24, 2.45) is 4.99 Å². The maximum absolute atomic E-state index is 12.5. The molecule has 0 bridgehead atoms. The van der Waals surface area contributed by atoms with Crippen molar-refractivity contribution in [1.29, 1.82) is 0 Å². The van der Waals surface area contributed by atoms with Crippen molar-refractivity contribution in [3.63, 3.8) is 0 Å². The molecular weight excluding hydrogens is 362 g/mol. The molecule has 132 valence electrons. The summed E-state index contributed by atoms with van der Waals surface area (Å²) in [6, 6.07) is 3.75. The Bertz CT molecular complexity index is 809. The summed E-state index contributed by atoms with van der Waals surface area (Å²) < 4.78 is 11.2. The van der Waals surface area contributed by atoms with Crippen molar-refractivity contribution in [3.05, 3.63) is 27.6 Å². The van der Waals surface area contributed by atoms with E-state index in [0.29, 0.717) is 29.7 Å². The highest BCUT2D eigenvalue weighted by molar-refractivity contribution is 8.18. The number of hydrogen-bond donors (Lipinski definition) is 0. The van der Waals surface area contributed by atoms with E-state index in [1.807, 2.05) is 19.2 Å². The Labute approximate surface area is 155 Å². The SMILES string of the molecule is CCOC(=O)C1=C(c2cc(Cl)cc3c2OCCN3C)N2CCN=C2S1. The van der Waals surface area contributed by atoms with E-state index in [9.17, 15) is 4.79 Å². The molecule has 3 aliphatic heterocycles. The van der Waals surface area contributed by atoms with E-state index in [-0.39, 0.29) is 5.97 Å². The molecule has 0 amide bonds. The van der Waals surface area contributed by atoms with E-state index >= 15 is 0 Å². The van der Waals surface area contributed by atoms with Crippen LogP contribution in [0.1, 0.15) is 12.5 Å². The summed E-state index contributed by atoms with van der Waals surface area (Å²) in [6.07, 6.45) is 0. The Kier molecular flexibility index (Phi) is 4.29. The van der Waals surface area contributed by atoms with Gasteiger partial charge in [0.1, 0.15) is 11.5 Å². The molecule has 8 heteroatoms. The number of nitrogens with zero attached hydrogens (tertiary/aromatic N) is 3. The van der Waals surface area contributed by atoms with E-state index in [0.717, 1.165) is 41.0 Å². The molecule has 4 rings (SSSR count). The lowest BCUT2D eigenvalue weighted by Crippen LogP contribution is -2.30. The molecule has 0 unspecified atom stereocenters. The van der Waals surface area contributed by atoms with Crippen molar-refractivity contribution in [3.8, 4) is 5.75 Å². The van der Waals surface area contributed by atoms with E-state index in [4.69, 9.17) is 21.1 Å². The van der Waals surface area contributed by atoms with Gasteiger partial charge in [0.05, 0.1) is 31.1 Å². The third kappa shape index (κ3) is 2.75. The van der Waals surface area contributed by atoms with Crippen LogP contribution in [0.2, 0.25) is 5.02 Å². The van der Waals surface area contributed by atoms with Crippen LogP contribution >= 0.6 is 23.4 Å². The average molecular weight is 380 g/mol. The van der Waals surface area contributed by atoms with Gasteiger partial charge >= 0.3 is 5.97 Å². The maximum Gasteiger partial charge on any atom is 0.347 e. The number of aliphatic imine (C=N–C) groups is 1. The number of ether oxygens (including phenoxy) is 2. The summed E-state index contributed by atoms with van der Waals surface area (Å²) >= 11 is 7.74. The average Bonchev–Trinajstić information content (AvgIpc) is 3.16. The largest absolute Gasteiger partial charge is 0.489 e. The zero-order valence-corrected chi connectivity index (χ0v) is 15.6. The zero-order chi connectivity index (χ0) is 17.6. The molecule has 0 N–H and O–H groups in total. The van der Waals surface area contributed by atoms with Crippen molar-refractivity contribution in [2.45, 2.75) is 6.92 Å². The van der Waals surface area contributed by atoms with Crippen molar-refractivity contribution >= 4 is 45.9 Å². The smallest absolute Gasteiger partial charge is 0.347 e. The van der Waals surface area contributed by atoms with Crippen LogP contribution in [0.5, 0.6) is 5.75 Å². The first-order valence-electron chi connectivity index (χ1n) is 8.19. The predicted octanol–water partition coefficient (Wildman–Crippen LogP) is 2.82. The number of likely N-dealkylation sites (N-methyl/N-ethyl adjacent to an activating group) is 1. The molecule has 0 atom stereocenters. The van der Waals surface area contributed by atoms with Crippen LogP contribution in [0.4, 0.5) is 5.69 Å². The Hall–Kier alpha value is -1.86. The Morgan fingerprint density at radius 1 is 1.44 bits per heavy atom. The quantitative estimate of drug-likeness (QED) is 0.753. The van der Waals surface area contributed by atoms with Gasteiger partial charge in [-0.3, -0.25) is 4.99 Å². The lowest BCUT2D eigenvalue weighted by atomic mass is 10.1. The van der Waals surface area contributed by atoms with Crippen molar-refractivity contribution in [1.82, 2.24) is 4.90 Å². The van der Waals surface area contributed by atoms with E-state index < -0.39 is 0 Å². The van der Waals surface area contributed by atoms with Crippen LogP contribution in [0, 0.1) is 0 Å².